The maximum absolute atomic E-state index is 13.2. The number of carbonyl (C=O) groups is 1. The van der Waals surface area contributed by atoms with Gasteiger partial charge in [-0.25, -0.2) is 8.78 Å². The molecule has 0 saturated carbocycles. The lowest BCUT2D eigenvalue weighted by Gasteiger charge is -2.08. The molecule has 0 aromatic heterocycles. The van der Waals surface area contributed by atoms with Gasteiger partial charge in [0.25, 0.3) is 0 Å². The molecule has 0 unspecified atom stereocenters. The number of carbonyl (C=O) groups excluding carboxylic acids is 1. The molecule has 0 aliphatic rings. The molecule has 0 heterocycles. The standard InChI is InChI=1S/C9H9BrF2N2O/c1-13-8(15)4-14-9-6(10)2-5(11)3-7(9)12/h2-3,14H,4H2,1H3,(H,13,15). The van der Waals surface area contributed by atoms with Crippen molar-refractivity contribution in [3.8, 4) is 0 Å². The first kappa shape index (κ1) is 11.9. The summed E-state index contributed by atoms with van der Waals surface area (Å²) < 4.78 is 26.1. The summed E-state index contributed by atoms with van der Waals surface area (Å²) >= 11 is 3.00. The monoisotopic (exact) mass is 278 g/mol. The molecule has 1 rings (SSSR count). The van der Waals surface area contributed by atoms with Gasteiger partial charge < -0.3 is 10.6 Å². The zero-order valence-electron chi connectivity index (χ0n) is 7.90. The number of nitrogens with one attached hydrogen (secondary N) is 2. The second-order valence-corrected chi connectivity index (χ2v) is 3.63. The fourth-order valence-electron chi connectivity index (χ4n) is 0.968. The van der Waals surface area contributed by atoms with Crippen LogP contribution in [0.5, 0.6) is 0 Å². The average Bonchev–Trinajstić information content (AvgIpc) is 2.15. The maximum Gasteiger partial charge on any atom is 0.239 e. The summed E-state index contributed by atoms with van der Waals surface area (Å²) in [7, 11) is 1.47. The van der Waals surface area contributed by atoms with Crippen LogP contribution in [0.25, 0.3) is 0 Å². The van der Waals surface area contributed by atoms with Gasteiger partial charge in [0, 0.05) is 17.6 Å². The summed E-state index contributed by atoms with van der Waals surface area (Å²) in [6, 6.07) is 1.87. The summed E-state index contributed by atoms with van der Waals surface area (Å²) in [6.45, 7) is -0.0718. The first-order chi connectivity index (χ1) is 7.04. The molecule has 0 aliphatic heterocycles. The topological polar surface area (TPSA) is 41.1 Å². The Labute approximate surface area is 94.0 Å². The number of anilines is 1. The van der Waals surface area contributed by atoms with E-state index < -0.39 is 11.6 Å². The van der Waals surface area contributed by atoms with Crippen LogP contribution >= 0.6 is 15.9 Å². The minimum absolute atomic E-state index is 0.0694. The van der Waals surface area contributed by atoms with Crippen molar-refractivity contribution in [1.82, 2.24) is 5.32 Å². The van der Waals surface area contributed by atoms with Crippen LogP contribution in [-0.4, -0.2) is 19.5 Å². The van der Waals surface area contributed by atoms with Gasteiger partial charge in [0.1, 0.15) is 11.6 Å². The maximum atomic E-state index is 13.2. The Morgan fingerprint density at radius 1 is 1.47 bits per heavy atom. The third-order valence-corrected chi connectivity index (χ3v) is 2.34. The van der Waals surface area contributed by atoms with Gasteiger partial charge in [0.05, 0.1) is 12.2 Å². The number of amides is 1. The second kappa shape index (κ2) is 5.06. The van der Waals surface area contributed by atoms with Crippen molar-refractivity contribution < 1.29 is 13.6 Å². The molecule has 15 heavy (non-hydrogen) atoms. The number of likely N-dealkylation sites (N-methyl/N-ethyl adjacent to an activating group) is 1. The van der Waals surface area contributed by atoms with Crippen molar-refractivity contribution in [3.63, 3.8) is 0 Å². The highest BCUT2D eigenvalue weighted by atomic mass is 79.9. The van der Waals surface area contributed by atoms with Crippen molar-refractivity contribution >= 4 is 27.5 Å². The average molecular weight is 279 g/mol. The SMILES string of the molecule is CNC(=O)CNc1c(F)cc(F)cc1Br. The van der Waals surface area contributed by atoms with E-state index >= 15 is 0 Å². The highest BCUT2D eigenvalue weighted by Crippen LogP contribution is 2.26. The predicted molar refractivity (Wildman–Crippen MR) is 56.6 cm³/mol. The largest absolute Gasteiger partial charge is 0.373 e. The van der Waals surface area contributed by atoms with Crippen LogP contribution in [0.15, 0.2) is 16.6 Å². The number of halogens is 3. The van der Waals surface area contributed by atoms with E-state index in [9.17, 15) is 13.6 Å². The lowest BCUT2D eigenvalue weighted by atomic mass is 10.3. The van der Waals surface area contributed by atoms with Gasteiger partial charge in [0.15, 0.2) is 0 Å². The summed E-state index contributed by atoms with van der Waals surface area (Å²) in [6.07, 6.45) is 0. The summed E-state index contributed by atoms with van der Waals surface area (Å²) in [5, 5.41) is 4.93. The van der Waals surface area contributed by atoms with E-state index in [0.717, 1.165) is 12.1 Å². The zero-order chi connectivity index (χ0) is 11.4. The zero-order valence-corrected chi connectivity index (χ0v) is 9.49. The van der Waals surface area contributed by atoms with Gasteiger partial charge >= 0.3 is 0 Å². The van der Waals surface area contributed by atoms with E-state index in [-0.39, 0.29) is 22.6 Å². The Hall–Kier alpha value is -1.17. The third kappa shape index (κ3) is 3.16. The predicted octanol–water partition coefficient (Wildman–Crippen LogP) is 1.89. The van der Waals surface area contributed by atoms with Crippen LogP contribution in [0.3, 0.4) is 0 Å². The van der Waals surface area contributed by atoms with E-state index in [1.54, 1.807) is 0 Å². The number of rotatable bonds is 3. The van der Waals surface area contributed by atoms with Gasteiger partial charge in [-0.3, -0.25) is 4.79 Å². The molecule has 1 aromatic carbocycles. The Kier molecular flexibility index (Phi) is 4.02. The van der Waals surface area contributed by atoms with Crippen LogP contribution in [0.2, 0.25) is 0 Å². The van der Waals surface area contributed by atoms with Gasteiger partial charge in [0.2, 0.25) is 5.91 Å². The highest BCUT2D eigenvalue weighted by molar-refractivity contribution is 9.10. The minimum atomic E-state index is -0.745. The molecule has 0 fully saturated rings. The molecular formula is C9H9BrF2N2O. The van der Waals surface area contributed by atoms with Gasteiger partial charge in [-0.05, 0) is 22.0 Å². The molecular weight excluding hydrogens is 270 g/mol. The van der Waals surface area contributed by atoms with Crippen LogP contribution in [0.4, 0.5) is 14.5 Å². The molecule has 0 atom stereocenters. The molecule has 3 nitrogen and oxygen atoms in total. The first-order valence-electron chi connectivity index (χ1n) is 4.13. The lowest BCUT2D eigenvalue weighted by molar-refractivity contribution is -0.118. The Morgan fingerprint density at radius 3 is 2.67 bits per heavy atom. The normalized spacial score (nSPS) is 9.87. The van der Waals surface area contributed by atoms with Crippen molar-refractivity contribution in [3.05, 3.63) is 28.2 Å². The van der Waals surface area contributed by atoms with Crippen molar-refractivity contribution in [2.75, 3.05) is 18.9 Å². The summed E-state index contributed by atoms with van der Waals surface area (Å²) in [4.78, 5) is 10.9. The lowest BCUT2D eigenvalue weighted by Crippen LogP contribution is -2.26. The van der Waals surface area contributed by atoms with E-state index in [4.69, 9.17) is 0 Å². The molecule has 0 radical (unpaired) electrons. The van der Waals surface area contributed by atoms with Crippen LogP contribution in [0.1, 0.15) is 0 Å². The third-order valence-electron chi connectivity index (χ3n) is 1.71. The first-order valence-corrected chi connectivity index (χ1v) is 4.93. The highest BCUT2D eigenvalue weighted by Gasteiger charge is 2.09. The van der Waals surface area contributed by atoms with Crippen LogP contribution in [-0.2, 0) is 4.79 Å². The minimum Gasteiger partial charge on any atom is -0.373 e. The molecule has 0 bridgehead atoms. The molecule has 2 N–H and O–H groups in total. The van der Waals surface area contributed by atoms with E-state index in [2.05, 4.69) is 26.6 Å². The second-order valence-electron chi connectivity index (χ2n) is 2.77. The van der Waals surface area contributed by atoms with Crippen LogP contribution in [0, 0.1) is 11.6 Å². The molecule has 1 aromatic rings. The number of hydrogen-bond donors (Lipinski definition) is 2. The summed E-state index contributed by atoms with van der Waals surface area (Å²) in [5.74, 6) is -1.71. The van der Waals surface area contributed by atoms with Crippen molar-refractivity contribution in [1.29, 1.82) is 0 Å². The molecule has 0 aliphatic carbocycles. The Bertz CT molecular complexity index is 361. The Morgan fingerprint density at radius 2 is 2.13 bits per heavy atom. The summed E-state index contributed by atoms with van der Waals surface area (Å²) in [5.41, 5.74) is 0.0694. The van der Waals surface area contributed by atoms with Gasteiger partial charge in [-0.1, -0.05) is 0 Å². The molecule has 82 valence electrons. The fraction of sp³-hybridized carbons (Fsp3) is 0.222. The van der Waals surface area contributed by atoms with E-state index in [1.165, 1.54) is 7.05 Å². The van der Waals surface area contributed by atoms with Crippen LogP contribution < -0.4 is 10.6 Å². The van der Waals surface area contributed by atoms with Crippen molar-refractivity contribution in [2.45, 2.75) is 0 Å². The molecule has 6 heteroatoms. The van der Waals surface area contributed by atoms with Gasteiger partial charge in [-0.2, -0.15) is 0 Å². The van der Waals surface area contributed by atoms with Gasteiger partial charge in [-0.15, -0.1) is 0 Å². The van der Waals surface area contributed by atoms with E-state index in [0.29, 0.717) is 0 Å². The van der Waals surface area contributed by atoms with E-state index in [1.807, 2.05) is 0 Å². The van der Waals surface area contributed by atoms with Crippen molar-refractivity contribution in [2.24, 2.45) is 0 Å². The smallest absolute Gasteiger partial charge is 0.239 e. The molecule has 0 spiro atoms. The number of benzene rings is 1. The molecule has 0 saturated heterocycles. The quantitative estimate of drug-likeness (QED) is 0.887. The number of hydrogen-bond acceptors (Lipinski definition) is 2. The Balaban J connectivity index is 2.81. The fourth-order valence-corrected chi connectivity index (χ4v) is 1.52. The molecule has 1 amide bonds.